The van der Waals surface area contributed by atoms with Gasteiger partial charge in [0.05, 0.1) is 12.7 Å². The van der Waals surface area contributed by atoms with Crippen LogP contribution in [0.1, 0.15) is 62.6 Å². The van der Waals surface area contributed by atoms with Crippen molar-refractivity contribution in [1.29, 1.82) is 0 Å². The Morgan fingerprint density at radius 3 is 2.50 bits per heavy atom. The van der Waals surface area contributed by atoms with Crippen molar-refractivity contribution in [1.82, 2.24) is 0 Å². The molecule has 22 heavy (non-hydrogen) atoms. The first-order chi connectivity index (χ1) is 10.5. The fourth-order valence-electron chi connectivity index (χ4n) is 3.75. The minimum absolute atomic E-state index is 0.335. The van der Waals surface area contributed by atoms with Gasteiger partial charge in [-0.25, -0.2) is 0 Å². The van der Waals surface area contributed by atoms with Gasteiger partial charge in [0.1, 0.15) is 11.5 Å². The van der Waals surface area contributed by atoms with Crippen molar-refractivity contribution in [2.24, 2.45) is 11.8 Å². The van der Waals surface area contributed by atoms with E-state index in [-0.39, 0.29) is 0 Å². The molecule has 1 unspecified atom stereocenters. The van der Waals surface area contributed by atoms with Gasteiger partial charge in [0, 0.05) is 0 Å². The fourth-order valence-corrected chi connectivity index (χ4v) is 3.75. The van der Waals surface area contributed by atoms with Crippen LogP contribution in [0.3, 0.4) is 0 Å². The summed E-state index contributed by atoms with van der Waals surface area (Å²) in [5.41, 5.74) is 3.84. The highest BCUT2D eigenvalue weighted by Gasteiger charge is 2.23. The summed E-state index contributed by atoms with van der Waals surface area (Å²) < 4.78 is 12.3. The van der Waals surface area contributed by atoms with Crippen molar-refractivity contribution >= 4 is 0 Å². The monoisotopic (exact) mass is 302 g/mol. The third kappa shape index (κ3) is 3.26. The average molecular weight is 302 g/mol. The summed E-state index contributed by atoms with van der Waals surface area (Å²) >= 11 is 0. The van der Waals surface area contributed by atoms with Gasteiger partial charge in [0.2, 0.25) is 0 Å². The first-order valence-corrected chi connectivity index (χ1v) is 8.97. The molecule has 2 heteroatoms. The molecule has 1 fully saturated rings. The van der Waals surface area contributed by atoms with Crippen LogP contribution in [0.4, 0.5) is 0 Å². The lowest BCUT2D eigenvalue weighted by Gasteiger charge is -2.29. The van der Waals surface area contributed by atoms with E-state index in [0.29, 0.717) is 6.10 Å². The maximum atomic E-state index is 6.23. The van der Waals surface area contributed by atoms with Gasteiger partial charge in [-0.2, -0.15) is 0 Å². The van der Waals surface area contributed by atoms with Crippen LogP contribution in [-0.2, 0) is 6.42 Å². The van der Waals surface area contributed by atoms with E-state index in [4.69, 9.17) is 9.47 Å². The van der Waals surface area contributed by atoms with Gasteiger partial charge in [-0.1, -0.05) is 19.8 Å². The van der Waals surface area contributed by atoms with Gasteiger partial charge in [-0.05, 0) is 81.0 Å². The molecule has 1 saturated carbocycles. The minimum atomic E-state index is 0.335. The van der Waals surface area contributed by atoms with Crippen molar-refractivity contribution in [2.45, 2.75) is 72.3 Å². The van der Waals surface area contributed by atoms with E-state index in [9.17, 15) is 0 Å². The van der Waals surface area contributed by atoms with Gasteiger partial charge < -0.3 is 9.47 Å². The molecule has 3 rings (SSSR count). The number of aryl methyl sites for hydroxylation is 1. The largest absolute Gasteiger partial charge is 0.493 e. The quantitative estimate of drug-likeness (QED) is 0.762. The van der Waals surface area contributed by atoms with Gasteiger partial charge in [-0.3, -0.25) is 0 Å². The Morgan fingerprint density at radius 2 is 1.77 bits per heavy atom. The molecule has 0 spiro atoms. The summed E-state index contributed by atoms with van der Waals surface area (Å²) in [7, 11) is 0. The summed E-state index contributed by atoms with van der Waals surface area (Å²) in [6.07, 6.45) is 7.92. The fraction of sp³-hybridized carbons (Fsp3) is 0.700. The van der Waals surface area contributed by atoms with Gasteiger partial charge in [0.15, 0.2) is 0 Å². The van der Waals surface area contributed by atoms with Crippen LogP contribution in [0.25, 0.3) is 0 Å². The predicted molar refractivity (Wildman–Crippen MR) is 90.9 cm³/mol. The van der Waals surface area contributed by atoms with Crippen molar-refractivity contribution in [3.8, 4) is 11.5 Å². The van der Waals surface area contributed by atoms with Crippen LogP contribution in [0.15, 0.2) is 6.07 Å². The molecule has 0 amide bonds. The van der Waals surface area contributed by atoms with E-state index in [1.165, 1.54) is 42.4 Å². The van der Waals surface area contributed by atoms with Crippen LogP contribution in [0.5, 0.6) is 11.5 Å². The number of rotatable bonds is 3. The molecule has 2 aliphatic rings. The number of hydrogen-bond acceptors (Lipinski definition) is 2. The minimum Gasteiger partial charge on any atom is -0.493 e. The summed E-state index contributed by atoms with van der Waals surface area (Å²) in [6.45, 7) is 9.74. The summed E-state index contributed by atoms with van der Waals surface area (Å²) in [4.78, 5) is 0. The van der Waals surface area contributed by atoms with Crippen LogP contribution >= 0.6 is 0 Å². The average Bonchev–Trinajstić information content (AvgIpc) is 2.52. The molecule has 1 aromatic rings. The molecule has 0 bridgehead atoms. The zero-order valence-corrected chi connectivity index (χ0v) is 14.6. The molecular weight excluding hydrogens is 272 g/mol. The van der Waals surface area contributed by atoms with E-state index in [0.717, 1.165) is 42.8 Å². The standard InChI is InChI=1S/C20H30O2/c1-13-5-8-17(9-6-13)12-21-19-11-18-10-7-14(2)22-20(18)16(4)15(19)3/h11,13-14,17H,5-10,12H2,1-4H3. The lowest BCUT2D eigenvalue weighted by atomic mass is 9.83. The van der Waals surface area contributed by atoms with Crippen molar-refractivity contribution < 1.29 is 9.47 Å². The van der Waals surface area contributed by atoms with E-state index in [1.807, 2.05) is 0 Å². The second-order valence-corrected chi connectivity index (χ2v) is 7.52. The lowest BCUT2D eigenvalue weighted by Crippen LogP contribution is -2.21. The maximum absolute atomic E-state index is 6.23. The highest BCUT2D eigenvalue weighted by Crippen LogP contribution is 2.38. The first-order valence-electron chi connectivity index (χ1n) is 8.97. The van der Waals surface area contributed by atoms with E-state index < -0.39 is 0 Å². The molecule has 2 nitrogen and oxygen atoms in total. The Morgan fingerprint density at radius 1 is 1.05 bits per heavy atom. The number of hydrogen-bond donors (Lipinski definition) is 0. The predicted octanol–water partition coefficient (Wildman–Crippen LogP) is 5.22. The summed E-state index contributed by atoms with van der Waals surface area (Å²) in [6, 6.07) is 2.23. The Balaban J connectivity index is 1.70. The molecule has 1 atom stereocenters. The molecule has 0 saturated heterocycles. The number of fused-ring (bicyclic) bond motifs is 1. The summed E-state index contributed by atoms with van der Waals surface area (Å²) in [5, 5.41) is 0. The van der Waals surface area contributed by atoms with Crippen molar-refractivity contribution in [2.75, 3.05) is 6.61 Å². The van der Waals surface area contributed by atoms with Crippen LogP contribution in [0.2, 0.25) is 0 Å². The molecule has 0 radical (unpaired) electrons. The normalized spacial score (nSPS) is 27.9. The first kappa shape index (κ1) is 15.7. The third-order valence-electron chi connectivity index (χ3n) is 5.62. The Bertz CT molecular complexity index is 527. The Kier molecular flexibility index (Phi) is 4.65. The van der Waals surface area contributed by atoms with Crippen molar-refractivity contribution in [3.05, 3.63) is 22.8 Å². The molecule has 0 N–H and O–H groups in total. The van der Waals surface area contributed by atoms with E-state index in [2.05, 4.69) is 33.8 Å². The molecule has 0 aromatic heterocycles. The van der Waals surface area contributed by atoms with Gasteiger partial charge in [-0.15, -0.1) is 0 Å². The Hall–Kier alpha value is -1.18. The Labute approximate surface area is 135 Å². The number of ether oxygens (including phenoxy) is 2. The zero-order valence-electron chi connectivity index (χ0n) is 14.6. The molecule has 1 heterocycles. The topological polar surface area (TPSA) is 18.5 Å². The van der Waals surface area contributed by atoms with E-state index in [1.54, 1.807) is 0 Å². The van der Waals surface area contributed by atoms with Crippen LogP contribution in [-0.4, -0.2) is 12.7 Å². The molecule has 1 aliphatic heterocycles. The maximum Gasteiger partial charge on any atom is 0.126 e. The van der Waals surface area contributed by atoms with Gasteiger partial charge >= 0.3 is 0 Å². The second-order valence-electron chi connectivity index (χ2n) is 7.52. The zero-order chi connectivity index (χ0) is 15.7. The van der Waals surface area contributed by atoms with E-state index >= 15 is 0 Å². The second kappa shape index (κ2) is 6.52. The van der Waals surface area contributed by atoms with Gasteiger partial charge in [0.25, 0.3) is 0 Å². The summed E-state index contributed by atoms with van der Waals surface area (Å²) in [5.74, 6) is 3.83. The van der Waals surface area contributed by atoms with Crippen LogP contribution < -0.4 is 9.47 Å². The SMILES string of the molecule is Cc1c(OCC2CCC(C)CC2)cc2c(c1C)OC(C)CC2. The van der Waals surface area contributed by atoms with Crippen LogP contribution in [0, 0.1) is 25.7 Å². The molecule has 122 valence electrons. The smallest absolute Gasteiger partial charge is 0.126 e. The third-order valence-corrected chi connectivity index (χ3v) is 5.62. The molecule has 1 aliphatic carbocycles. The molecular formula is C20H30O2. The lowest BCUT2D eigenvalue weighted by molar-refractivity contribution is 0.181. The van der Waals surface area contributed by atoms with Crippen molar-refractivity contribution in [3.63, 3.8) is 0 Å². The highest BCUT2D eigenvalue weighted by molar-refractivity contribution is 5.53. The highest BCUT2D eigenvalue weighted by atomic mass is 16.5. The molecule has 1 aromatic carbocycles. The number of benzene rings is 1.